The van der Waals surface area contributed by atoms with Gasteiger partial charge in [-0.25, -0.2) is 9.59 Å². The van der Waals surface area contributed by atoms with E-state index in [4.69, 9.17) is 33.4 Å². The molecule has 2 aromatic rings. The smallest absolute Gasteiger partial charge is 0.339 e. The highest BCUT2D eigenvalue weighted by Gasteiger charge is 2.20. The number of aliphatic hydroxyl groups is 2. The first-order chi connectivity index (χ1) is 12.3. The van der Waals surface area contributed by atoms with Gasteiger partial charge in [-0.1, -0.05) is 59.6 Å². The van der Waals surface area contributed by atoms with Gasteiger partial charge in [-0.3, -0.25) is 0 Å². The Labute approximate surface area is 160 Å². The molecule has 3 N–H and O–H groups in total. The SMILES string of the molecule is CCOC(=O)C(O)c1ccccc1Cl.O=C(O)[C@H](O)c1ccccc1Cl. The maximum atomic E-state index is 11.2. The number of hydrogen-bond donors (Lipinski definition) is 3. The minimum Gasteiger partial charge on any atom is -0.479 e. The van der Waals surface area contributed by atoms with Crippen LogP contribution >= 0.6 is 23.2 Å². The number of benzene rings is 2. The second kappa shape index (κ2) is 10.8. The van der Waals surface area contributed by atoms with Crippen LogP contribution in [0.15, 0.2) is 48.5 Å². The van der Waals surface area contributed by atoms with E-state index in [0.29, 0.717) is 10.6 Å². The molecule has 1 unspecified atom stereocenters. The minimum atomic E-state index is -1.54. The third-order valence-corrected chi connectivity index (χ3v) is 3.83. The summed E-state index contributed by atoms with van der Waals surface area (Å²) < 4.78 is 4.67. The molecule has 0 amide bonds. The normalized spacial score (nSPS) is 12.3. The zero-order valence-electron chi connectivity index (χ0n) is 13.8. The molecule has 2 aromatic carbocycles. The average Bonchev–Trinajstić information content (AvgIpc) is 2.62. The summed E-state index contributed by atoms with van der Waals surface area (Å²) in [4.78, 5) is 21.5. The van der Waals surface area contributed by atoms with Crippen LogP contribution in [0.2, 0.25) is 10.0 Å². The van der Waals surface area contributed by atoms with Gasteiger partial charge in [-0.2, -0.15) is 0 Å². The lowest BCUT2D eigenvalue weighted by Crippen LogP contribution is -2.15. The topological polar surface area (TPSA) is 104 Å². The van der Waals surface area contributed by atoms with Gasteiger partial charge in [0.1, 0.15) is 0 Å². The largest absolute Gasteiger partial charge is 0.479 e. The molecule has 0 fully saturated rings. The highest BCUT2D eigenvalue weighted by atomic mass is 35.5. The number of hydrogen-bond acceptors (Lipinski definition) is 5. The fourth-order valence-electron chi connectivity index (χ4n) is 1.87. The van der Waals surface area contributed by atoms with Gasteiger partial charge in [0.25, 0.3) is 0 Å². The van der Waals surface area contributed by atoms with Crippen LogP contribution in [0.4, 0.5) is 0 Å². The molecule has 140 valence electrons. The molecule has 0 bridgehead atoms. The summed E-state index contributed by atoms with van der Waals surface area (Å²) in [6.45, 7) is 1.91. The lowest BCUT2D eigenvalue weighted by Gasteiger charge is -2.10. The van der Waals surface area contributed by atoms with Crippen molar-refractivity contribution in [1.29, 1.82) is 0 Å². The maximum absolute atomic E-state index is 11.2. The number of carbonyl (C=O) groups is 2. The number of ether oxygens (including phenoxy) is 1. The second-order valence-corrected chi connectivity index (χ2v) is 5.75. The third kappa shape index (κ3) is 6.31. The van der Waals surface area contributed by atoms with Gasteiger partial charge in [-0.15, -0.1) is 0 Å². The highest BCUT2D eigenvalue weighted by Crippen LogP contribution is 2.23. The Morgan fingerprint density at radius 1 is 0.923 bits per heavy atom. The van der Waals surface area contributed by atoms with Crippen molar-refractivity contribution >= 4 is 35.1 Å². The molecule has 0 aliphatic rings. The second-order valence-electron chi connectivity index (χ2n) is 4.94. The molecule has 0 radical (unpaired) electrons. The van der Waals surface area contributed by atoms with Crippen LogP contribution in [-0.2, 0) is 14.3 Å². The van der Waals surface area contributed by atoms with E-state index in [-0.39, 0.29) is 17.2 Å². The van der Waals surface area contributed by atoms with E-state index in [9.17, 15) is 14.7 Å². The lowest BCUT2D eigenvalue weighted by molar-refractivity contribution is -0.153. The van der Waals surface area contributed by atoms with Gasteiger partial charge >= 0.3 is 11.9 Å². The van der Waals surface area contributed by atoms with Crippen molar-refractivity contribution in [3.63, 3.8) is 0 Å². The molecule has 2 rings (SSSR count). The number of carboxylic acid groups (broad SMARTS) is 1. The number of aliphatic carboxylic acids is 1. The van der Waals surface area contributed by atoms with E-state index in [1.165, 1.54) is 12.1 Å². The van der Waals surface area contributed by atoms with E-state index in [1.807, 2.05) is 0 Å². The molecule has 26 heavy (non-hydrogen) atoms. The Hall–Kier alpha value is -2.12. The molecule has 0 aliphatic heterocycles. The fraction of sp³-hybridized carbons (Fsp3) is 0.222. The van der Waals surface area contributed by atoms with Gasteiger partial charge in [0.05, 0.1) is 6.61 Å². The van der Waals surface area contributed by atoms with Crippen LogP contribution in [-0.4, -0.2) is 33.9 Å². The number of aliphatic hydroxyl groups excluding tert-OH is 2. The first kappa shape index (κ1) is 21.9. The van der Waals surface area contributed by atoms with Crippen LogP contribution in [0, 0.1) is 0 Å². The maximum Gasteiger partial charge on any atom is 0.339 e. The molecule has 0 saturated carbocycles. The lowest BCUT2D eigenvalue weighted by atomic mass is 10.1. The summed E-state index contributed by atoms with van der Waals surface area (Å²) in [5.41, 5.74) is 0.583. The van der Waals surface area contributed by atoms with Crippen LogP contribution in [0.1, 0.15) is 30.3 Å². The molecule has 2 atom stereocenters. The number of esters is 1. The summed E-state index contributed by atoms with van der Waals surface area (Å²) in [5, 5.41) is 27.7. The summed E-state index contributed by atoms with van der Waals surface area (Å²) in [6.07, 6.45) is -2.85. The van der Waals surface area contributed by atoms with Crippen molar-refractivity contribution in [2.24, 2.45) is 0 Å². The molecular formula is C18H18Cl2O6. The Balaban J connectivity index is 0.000000263. The van der Waals surface area contributed by atoms with Gasteiger partial charge in [0.2, 0.25) is 0 Å². The molecule has 0 aromatic heterocycles. The molecular weight excluding hydrogens is 383 g/mol. The standard InChI is InChI=1S/C10H11ClO3.C8H7ClO3/c1-2-14-10(13)9(12)7-5-3-4-6-8(7)11;9-6-4-2-1-3-5(6)7(10)8(11)12/h3-6,9,12H,2H2,1H3;1-4,7,10H,(H,11,12)/t;7-/m.1/s1. The van der Waals surface area contributed by atoms with Crippen LogP contribution < -0.4 is 0 Å². The Morgan fingerprint density at radius 3 is 1.73 bits per heavy atom. The summed E-state index contributed by atoms with van der Waals surface area (Å²) >= 11 is 11.4. The van der Waals surface area contributed by atoms with Crippen molar-refractivity contribution < 1.29 is 29.6 Å². The van der Waals surface area contributed by atoms with E-state index in [0.717, 1.165) is 0 Å². The monoisotopic (exact) mass is 400 g/mol. The van der Waals surface area contributed by atoms with Gasteiger partial charge in [0.15, 0.2) is 12.2 Å². The van der Waals surface area contributed by atoms with Crippen LogP contribution in [0.5, 0.6) is 0 Å². The summed E-state index contributed by atoms with van der Waals surface area (Å²) in [6, 6.07) is 12.9. The average molecular weight is 401 g/mol. The van der Waals surface area contributed by atoms with Gasteiger partial charge in [-0.05, 0) is 19.1 Å². The first-order valence-corrected chi connectivity index (χ1v) is 8.29. The van der Waals surface area contributed by atoms with Crippen molar-refractivity contribution in [3.05, 3.63) is 69.7 Å². The minimum absolute atomic E-state index is 0.215. The van der Waals surface area contributed by atoms with E-state index >= 15 is 0 Å². The molecule has 0 aliphatic carbocycles. The summed E-state index contributed by atoms with van der Waals surface area (Å²) in [5.74, 6) is -1.98. The van der Waals surface area contributed by atoms with Crippen molar-refractivity contribution in [2.75, 3.05) is 6.61 Å². The highest BCUT2D eigenvalue weighted by molar-refractivity contribution is 6.31. The van der Waals surface area contributed by atoms with Crippen molar-refractivity contribution in [3.8, 4) is 0 Å². The zero-order valence-corrected chi connectivity index (χ0v) is 15.3. The number of carboxylic acids is 1. The van der Waals surface area contributed by atoms with Crippen molar-refractivity contribution in [2.45, 2.75) is 19.1 Å². The Kier molecular flexibility index (Phi) is 9.09. The Morgan fingerprint density at radius 2 is 1.35 bits per heavy atom. The van der Waals surface area contributed by atoms with Crippen molar-refractivity contribution in [1.82, 2.24) is 0 Å². The summed E-state index contributed by atoms with van der Waals surface area (Å²) in [7, 11) is 0. The number of carbonyl (C=O) groups excluding carboxylic acids is 1. The fourth-order valence-corrected chi connectivity index (χ4v) is 2.35. The molecule has 6 nitrogen and oxygen atoms in total. The quantitative estimate of drug-likeness (QED) is 0.664. The van der Waals surface area contributed by atoms with Gasteiger partial charge in [0, 0.05) is 21.2 Å². The predicted octanol–water partition coefficient (Wildman–Crippen LogP) is 3.39. The van der Waals surface area contributed by atoms with E-state index in [1.54, 1.807) is 43.3 Å². The Bertz CT molecular complexity index is 750. The van der Waals surface area contributed by atoms with E-state index < -0.39 is 24.1 Å². The van der Waals surface area contributed by atoms with Gasteiger partial charge < -0.3 is 20.1 Å². The van der Waals surface area contributed by atoms with Crippen LogP contribution in [0.3, 0.4) is 0 Å². The molecule has 0 saturated heterocycles. The number of halogens is 2. The zero-order chi connectivity index (χ0) is 19.7. The van der Waals surface area contributed by atoms with Crippen LogP contribution in [0.25, 0.3) is 0 Å². The molecule has 0 heterocycles. The third-order valence-electron chi connectivity index (χ3n) is 3.14. The molecule has 8 heteroatoms. The molecule has 0 spiro atoms. The number of rotatable bonds is 5. The van der Waals surface area contributed by atoms with E-state index in [2.05, 4.69) is 4.74 Å². The first-order valence-electron chi connectivity index (χ1n) is 7.54. The predicted molar refractivity (Wildman–Crippen MR) is 97.1 cm³/mol.